The SMILES string of the molecule is CC1(C)CC(=O)C2=C(C1)N1CCc3cc4c(cc3C1=C[C@@H]2c1ccccc1)OCCCO4. The Morgan fingerprint density at radius 2 is 1.75 bits per heavy atom. The average molecular weight is 428 g/mol. The molecule has 0 bridgehead atoms. The molecule has 0 fully saturated rings. The first-order valence-corrected chi connectivity index (χ1v) is 11.7. The largest absolute Gasteiger partial charge is 0.490 e. The van der Waals surface area contributed by atoms with Crippen molar-refractivity contribution in [2.45, 2.75) is 45.4 Å². The van der Waals surface area contributed by atoms with Crippen LogP contribution in [0.5, 0.6) is 11.5 Å². The van der Waals surface area contributed by atoms with Crippen molar-refractivity contribution < 1.29 is 14.3 Å². The second-order valence-corrected chi connectivity index (χ2v) is 10.1. The van der Waals surface area contributed by atoms with Gasteiger partial charge >= 0.3 is 0 Å². The molecular formula is C28H29NO3. The van der Waals surface area contributed by atoms with Gasteiger partial charge in [-0.05, 0) is 47.6 Å². The molecule has 6 rings (SSSR count). The molecule has 0 spiro atoms. The van der Waals surface area contributed by atoms with Crippen molar-refractivity contribution >= 4 is 11.5 Å². The van der Waals surface area contributed by atoms with Gasteiger partial charge in [-0.2, -0.15) is 0 Å². The van der Waals surface area contributed by atoms with Crippen LogP contribution in [0.3, 0.4) is 0 Å². The number of carbonyl (C=O) groups is 1. The van der Waals surface area contributed by atoms with Crippen LogP contribution in [0.25, 0.3) is 5.70 Å². The Morgan fingerprint density at radius 1 is 1.00 bits per heavy atom. The number of benzene rings is 2. The summed E-state index contributed by atoms with van der Waals surface area (Å²) in [6.07, 6.45) is 5.69. The summed E-state index contributed by atoms with van der Waals surface area (Å²) in [5, 5.41) is 0. The Kier molecular flexibility index (Phi) is 4.46. The van der Waals surface area contributed by atoms with E-state index in [2.05, 4.69) is 61.2 Å². The van der Waals surface area contributed by atoms with Gasteiger partial charge in [-0.25, -0.2) is 0 Å². The summed E-state index contributed by atoms with van der Waals surface area (Å²) >= 11 is 0. The second kappa shape index (κ2) is 7.26. The number of rotatable bonds is 1. The Morgan fingerprint density at radius 3 is 2.53 bits per heavy atom. The van der Waals surface area contributed by atoms with Crippen molar-refractivity contribution in [1.82, 2.24) is 4.90 Å². The minimum atomic E-state index is -0.0232. The molecule has 0 radical (unpaired) electrons. The average Bonchev–Trinajstić information content (AvgIpc) is 3.01. The summed E-state index contributed by atoms with van der Waals surface area (Å²) in [5.74, 6) is 1.98. The first-order chi connectivity index (χ1) is 15.5. The van der Waals surface area contributed by atoms with Gasteiger partial charge in [0, 0.05) is 47.8 Å². The standard InChI is InChI=1S/C28H29NO3/c1-28(2)16-23-27(24(30)17-28)21(18-7-4-3-5-8-18)14-22-20-15-26-25(31-11-6-12-32-26)13-19(20)9-10-29(22)23/h3-5,7-8,13-15,21H,6,9-12,16-17H2,1-2H3/t21-/m1/s1. The number of fused-ring (bicyclic) bond motifs is 5. The molecule has 3 heterocycles. The van der Waals surface area contributed by atoms with E-state index < -0.39 is 0 Å². The van der Waals surface area contributed by atoms with Crippen molar-refractivity contribution in [1.29, 1.82) is 0 Å². The molecule has 4 aliphatic rings. The number of carbonyl (C=O) groups excluding carboxylic acids is 1. The molecule has 2 aromatic rings. The molecule has 0 amide bonds. The van der Waals surface area contributed by atoms with Crippen LogP contribution in [-0.4, -0.2) is 30.4 Å². The van der Waals surface area contributed by atoms with Gasteiger partial charge in [0.05, 0.1) is 13.2 Å². The highest BCUT2D eigenvalue weighted by Gasteiger charge is 2.42. The molecular weight excluding hydrogens is 398 g/mol. The molecule has 0 aromatic heterocycles. The minimum absolute atomic E-state index is 0.0111. The predicted molar refractivity (Wildman–Crippen MR) is 125 cm³/mol. The normalized spacial score (nSPS) is 23.6. The van der Waals surface area contributed by atoms with Crippen LogP contribution in [0.4, 0.5) is 0 Å². The summed E-state index contributed by atoms with van der Waals surface area (Å²) in [6.45, 7) is 6.70. The third-order valence-electron chi connectivity index (χ3n) is 7.16. The van der Waals surface area contributed by atoms with Crippen LogP contribution in [0.15, 0.2) is 59.8 Å². The number of hydrogen-bond acceptors (Lipinski definition) is 4. The van der Waals surface area contributed by atoms with Crippen molar-refractivity contribution in [3.8, 4) is 11.5 Å². The highest BCUT2D eigenvalue weighted by Crippen LogP contribution is 2.51. The molecule has 0 N–H and O–H groups in total. The molecule has 1 aliphatic carbocycles. The fraction of sp³-hybridized carbons (Fsp3) is 0.393. The highest BCUT2D eigenvalue weighted by molar-refractivity contribution is 6.01. The molecule has 0 saturated carbocycles. The molecule has 3 aliphatic heterocycles. The van der Waals surface area contributed by atoms with E-state index in [1.807, 2.05) is 6.07 Å². The number of Topliss-reactive ketones (excluding diaryl/α,β-unsaturated/α-hetero) is 1. The predicted octanol–water partition coefficient (Wildman–Crippen LogP) is 5.49. The molecule has 164 valence electrons. The maximum absolute atomic E-state index is 13.4. The zero-order valence-corrected chi connectivity index (χ0v) is 18.8. The molecule has 1 atom stereocenters. The fourth-order valence-electron chi connectivity index (χ4n) is 5.71. The van der Waals surface area contributed by atoms with E-state index in [9.17, 15) is 4.79 Å². The van der Waals surface area contributed by atoms with Gasteiger partial charge in [0.15, 0.2) is 17.3 Å². The fourth-order valence-corrected chi connectivity index (χ4v) is 5.71. The van der Waals surface area contributed by atoms with Gasteiger partial charge in [-0.3, -0.25) is 4.79 Å². The first kappa shape index (κ1) is 19.7. The van der Waals surface area contributed by atoms with Gasteiger partial charge in [0.25, 0.3) is 0 Å². The van der Waals surface area contributed by atoms with Gasteiger partial charge in [-0.1, -0.05) is 44.2 Å². The first-order valence-electron chi connectivity index (χ1n) is 11.7. The van der Waals surface area contributed by atoms with Crippen LogP contribution in [0.1, 0.15) is 55.7 Å². The highest BCUT2D eigenvalue weighted by atomic mass is 16.5. The van der Waals surface area contributed by atoms with E-state index in [0.29, 0.717) is 25.4 Å². The Labute approximate surface area is 189 Å². The summed E-state index contributed by atoms with van der Waals surface area (Å²) in [6, 6.07) is 14.8. The van der Waals surface area contributed by atoms with Crippen LogP contribution in [0.2, 0.25) is 0 Å². The number of nitrogens with zero attached hydrogens (tertiary/aromatic N) is 1. The van der Waals surface area contributed by atoms with Crippen LogP contribution in [0, 0.1) is 5.41 Å². The summed E-state index contributed by atoms with van der Waals surface area (Å²) in [5.41, 5.74) is 7.09. The second-order valence-electron chi connectivity index (χ2n) is 10.1. The minimum Gasteiger partial charge on any atom is -0.490 e. The Balaban J connectivity index is 1.53. The number of hydrogen-bond donors (Lipinski definition) is 0. The van der Waals surface area contributed by atoms with Gasteiger partial charge in [0.2, 0.25) is 0 Å². The molecule has 4 nitrogen and oxygen atoms in total. The van der Waals surface area contributed by atoms with E-state index in [0.717, 1.165) is 42.9 Å². The lowest BCUT2D eigenvalue weighted by atomic mass is 9.69. The topological polar surface area (TPSA) is 38.8 Å². The zero-order valence-electron chi connectivity index (χ0n) is 18.8. The zero-order chi connectivity index (χ0) is 21.9. The van der Waals surface area contributed by atoms with Crippen molar-refractivity contribution in [2.24, 2.45) is 5.41 Å². The lowest BCUT2D eigenvalue weighted by Crippen LogP contribution is -2.40. The van der Waals surface area contributed by atoms with Crippen molar-refractivity contribution in [3.05, 3.63) is 76.5 Å². The van der Waals surface area contributed by atoms with E-state index in [4.69, 9.17) is 9.47 Å². The monoisotopic (exact) mass is 427 g/mol. The van der Waals surface area contributed by atoms with E-state index in [1.165, 1.54) is 28.1 Å². The summed E-state index contributed by atoms with van der Waals surface area (Å²) < 4.78 is 12.0. The van der Waals surface area contributed by atoms with Crippen LogP contribution in [-0.2, 0) is 11.2 Å². The quantitative estimate of drug-likeness (QED) is 0.603. The maximum atomic E-state index is 13.4. The van der Waals surface area contributed by atoms with Gasteiger partial charge in [0.1, 0.15) is 0 Å². The Hall–Kier alpha value is -3.01. The van der Waals surface area contributed by atoms with Gasteiger partial charge < -0.3 is 14.4 Å². The smallest absolute Gasteiger partial charge is 0.162 e. The number of ketones is 1. The van der Waals surface area contributed by atoms with Crippen LogP contribution >= 0.6 is 0 Å². The summed E-state index contributed by atoms with van der Waals surface area (Å²) in [7, 11) is 0. The van der Waals surface area contributed by atoms with Crippen molar-refractivity contribution in [3.63, 3.8) is 0 Å². The van der Waals surface area contributed by atoms with Gasteiger partial charge in [-0.15, -0.1) is 0 Å². The molecule has 0 unspecified atom stereocenters. The van der Waals surface area contributed by atoms with E-state index in [1.54, 1.807) is 0 Å². The van der Waals surface area contributed by atoms with E-state index >= 15 is 0 Å². The molecule has 32 heavy (non-hydrogen) atoms. The van der Waals surface area contributed by atoms with E-state index in [-0.39, 0.29) is 11.3 Å². The summed E-state index contributed by atoms with van der Waals surface area (Å²) in [4.78, 5) is 15.8. The molecule has 0 saturated heterocycles. The lowest BCUT2D eigenvalue weighted by Gasteiger charge is -2.46. The van der Waals surface area contributed by atoms with Crippen molar-refractivity contribution in [2.75, 3.05) is 19.8 Å². The molecule has 4 heteroatoms. The lowest BCUT2D eigenvalue weighted by molar-refractivity contribution is -0.118. The Bertz CT molecular complexity index is 1160. The number of allylic oxidation sites excluding steroid dienone is 3. The molecule has 2 aromatic carbocycles. The maximum Gasteiger partial charge on any atom is 0.162 e. The third-order valence-corrected chi connectivity index (χ3v) is 7.16. The van der Waals surface area contributed by atoms with Crippen LogP contribution < -0.4 is 9.47 Å². The third kappa shape index (κ3) is 3.16. The number of ether oxygens (including phenoxy) is 2.